The molecule has 2 unspecified atom stereocenters. The molecule has 0 bridgehead atoms. The van der Waals surface area contributed by atoms with E-state index in [4.69, 9.17) is 14.2 Å². The number of hydrogen-bond donors (Lipinski definition) is 2. The predicted molar refractivity (Wildman–Crippen MR) is 150 cm³/mol. The molecule has 1 aromatic rings. The summed E-state index contributed by atoms with van der Waals surface area (Å²) in [5, 5.41) is 12.8. The highest BCUT2D eigenvalue weighted by Crippen LogP contribution is 2.51. The SMILES string of the molecule is CCCc1cc(C(O)(C(F)(F)F)C(F)(F)F)cc(CCC)c1OCCCCN1C(=O)NC(C)(C2C=CC3=C(C2)OCCO3)C1=O. The number of rotatable bonds is 12. The van der Waals surface area contributed by atoms with Crippen LogP contribution in [0, 0.1) is 5.92 Å². The van der Waals surface area contributed by atoms with E-state index in [0.717, 1.165) is 17.0 Å². The second-order valence-electron chi connectivity index (χ2n) is 11.6. The Balaban J connectivity index is 1.43. The molecule has 2 aliphatic heterocycles. The molecule has 8 nitrogen and oxygen atoms in total. The fraction of sp³-hybridized carbons (Fsp3) is 0.613. The number of alkyl halides is 6. The number of hydrogen-bond acceptors (Lipinski definition) is 6. The van der Waals surface area contributed by atoms with E-state index < -0.39 is 41.0 Å². The zero-order valence-electron chi connectivity index (χ0n) is 25.4. The molecule has 2 atom stereocenters. The number of unbranched alkanes of at least 4 members (excludes halogenated alkanes) is 1. The van der Waals surface area contributed by atoms with Gasteiger partial charge in [0, 0.05) is 24.4 Å². The van der Waals surface area contributed by atoms with Crippen LogP contribution < -0.4 is 10.1 Å². The van der Waals surface area contributed by atoms with Crippen molar-refractivity contribution in [3.63, 3.8) is 0 Å². The van der Waals surface area contributed by atoms with E-state index in [9.17, 15) is 41.0 Å². The van der Waals surface area contributed by atoms with Gasteiger partial charge in [0.1, 0.15) is 30.3 Å². The monoisotopic (exact) mass is 648 g/mol. The first-order chi connectivity index (χ1) is 21.1. The maximum absolute atomic E-state index is 13.6. The van der Waals surface area contributed by atoms with Crippen LogP contribution in [0.15, 0.2) is 35.8 Å². The van der Waals surface area contributed by atoms with Crippen LogP contribution in [0.1, 0.15) is 69.6 Å². The Hall–Kier alpha value is -3.42. The lowest BCUT2D eigenvalue weighted by molar-refractivity contribution is -0.376. The van der Waals surface area contributed by atoms with E-state index >= 15 is 0 Å². The van der Waals surface area contributed by atoms with Gasteiger partial charge in [-0.1, -0.05) is 32.8 Å². The van der Waals surface area contributed by atoms with E-state index in [0.29, 0.717) is 56.8 Å². The van der Waals surface area contributed by atoms with Crippen molar-refractivity contribution in [2.75, 3.05) is 26.4 Å². The number of ether oxygens (including phenoxy) is 3. The number of nitrogens with one attached hydrogen (secondary N) is 1. The number of carbonyl (C=O) groups excluding carboxylic acids is 2. The van der Waals surface area contributed by atoms with E-state index in [1.807, 2.05) is 6.08 Å². The molecule has 1 saturated heterocycles. The fourth-order valence-electron chi connectivity index (χ4n) is 5.90. The average Bonchev–Trinajstić information content (AvgIpc) is 3.19. The van der Waals surface area contributed by atoms with Crippen LogP contribution in [0.2, 0.25) is 0 Å². The first kappa shape index (κ1) is 34.5. The molecule has 3 amide bonds. The van der Waals surface area contributed by atoms with Crippen molar-refractivity contribution >= 4 is 11.9 Å². The Morgan fingerprint density at radius 1 is 1.00 bits per heavy atom. The third-order valence-corrected chi connectivity index (χ3v) is 8.36. The Bertz CT molecular complexity index is 1300. The fourth-order valence-corrected chi connectivity index (χ4v) is 5.90. The van der Waals surface area contributed by atoms with Crippen molar-refractivity contribution in [1.29, 1.82) is 0 Å². The lowest BCUT2D eigenvalue weighted by atomic mass is 9.80. The number of aryl methyl sites for hydroxylation is 2. The van der Waals surface area contributed by atoms with E-state index in [1.54, 1.807) is 26.8 Å². The number of aliphatic hydroxyl groups is 1. The summed E-state index contributed by atoms with van der Waals surface area (Å²) in [5.74, 6) is 0.684. The van der Waals surface area contributed by atoms with Crippen LogP contribution in [0.5, 0.6) is 5.75 Å². The number of nitrogens with zero attached hydrogens (tertiary/aromatic N) is 1. The van der Waals surface area contributed by atoms with E-state index in [2.05, 4.69) is 5.32 Å². The second kappa shape index (κ2) is 13.1. The maximum Gasteiger partial charge on any atom is 0.430 e. The summed E-state index contributed by atoms with van der Waals surface area (Å²) in [4.78, 5) is 27.3. The lowest BCUT2D eigenvalue weighted by Gasteiger charge is -2.34. The predicted octanol–water partition coefficient (Wildman–Crippen LogP) is 6.21. The van der Waals surface area contributed by atoms with Crippen LogP contribution >= 0.6 is 0 Å². The van der Waals surface area contributed by atoms with Crippen molar-refractivity contribution in [3.05, 3.63) is 52.5 Å². The van der Waals surface area contributed by atoms with Gasteiger partial charge in [0.2, 0.25) is 0 Å². The van der Waals surface area contributed by atoms with Crippen LogP contribution in [0.4, 0.5) is 31.1 Å². The van der Waals surface area contributed by atoms with Gasteiger partial charge in [-0.15, -0.1) is 0 Å². The molecule has 1 aromatic carbocycles. The zero-order chi connectivity index (χ0) is 33.2. The number of imide groups is 1. The molecular weight excluding hydrogens is 610 g/mol. The van der Waals surface area contributed by atoms with Crippen LogP contribution in [-0.4, -0.2) is 66.2 Å². The number of amides is 3. The highest BCUT2D eigenvalue weighted by molar-refractivity contribution is 6.07. The maximum atomic E-state index is 13.6. The largest absolute Gasteiger partial charge is 0.493 e. The van der Waals surface area contributed by atoms with Gasteiger partial charge in [-0.2, -0.15) is 26.3 Å². The van der Waals surface area contributed by atoms with Gasteiger partial charge in [0.05, 0.1) is 6.61 Å². The average molecular weight is 649 g/mol. The Labute approximate surface area is 257 Å². The summed E-state index contributed by atoms with van der Waals surface area (Å²) in [6, 6.07) is 0.900. The lowest BCUT2D eigenvalue weighted by Crippen LogP contribution is -2.54. The zero-order valence-corrected chi connectivity index (χ0v) is 25.4. The first-order valence-electron chi connectivity index (χ1n) is 15.0. The molecule has 1 aliphatic carbocycles. The molecule has 1 fully saturated rings. The summed E-state index contributed by atoms with van der Waals surface area (Å²) in [6.45, 7) is 6.05. The highest BCUT2D eigenvalue weighted by atomic mass is 19.4. The number of benzene rings is 1. The molecule has 4 rings (SSSR count). The van der Waals surface area contributed by atoms with Crippen LogP contribution in [0.25, 0.3) is 0 Å². The quantitative estimate of drug-likeness (QED) is 0.159. The van der Waals surface area contributed by atoms with Gasteiger partial charge in [0.15, 0.2) is 5.76 Å². The minimum absolute atomic E-state index is 0.0378. The van der Waals surface area contributed by atoms with Gasteiger partial charge >= 0.3 is 18.4 Å². The first-order valence-corrected chi connectivity index (χ1v) is 15.0. The second-order valence-corrected chi connectivity index (χ2v) is 11.6. The van der Waals surface area contributed by atoms with Crippen molar-refractivity contribution < 1.29 is 55.2 Å². The standard InChI is InChI=1S/C31H38F6N2O6/c1-4-8-19-16-22(29(42,30(32,33)34)31(35,36)37)17-20(9-5-2)25(19)45-13-7-6-12-39-26(40)28(3,38-27(39)41)21-10-11-23-24(18-21)44-15-14-43-23/h10-11,16-17,21,42H,4-9,12-15,18H2,1-3H3,(H,38,41). The van der Waals surface area contributed by atoms with Gasteiger partial charge < -0.3 is 24.6 Å². The number of carbonyl (C=O) groups is 2. The summed E-state index contributed by atoms with van der Waals surface area (Å²) in [5.41, 5.74) is -7.27. The minimum atomic E-state index is -6.00. The van der Waals surface area contributed by atoms with E-state index in [-0.39, 0.29) is 48.8 Å². The molecule has 2 N–H and O–H groups in total. The van der Waals surface area contributed by atoms with Crippen molar-refractivity contribution in [3.8, 4) is 5.75 Å². The van der Waals surface area contributed by atoms with Gasteiger partial charge in [-0.3, -0.25) is 9.69 Å². The minimum Gasteiger partial charge on any atom is -0.493 e. The molecule has 0 spiro atoms. The van der Waals surface area contributed by atoms with Crippen LogP contribution in [0.3, 0.4) is 0 Å². The van der Waals surface area contributed by atoms with Gasteiger partial charge in [-0.25, -0.2) is 4.79 Å². The highest BCUT2D eigenvalue weighted by Gasteiger charge is 2.71. The molecule has 14 heteroatoms. The van der Waals surface area contributed by atoms with E-state index in [1.165, 1.54) is 0 Å². The third kappa shape index (κ3) is 6.61. The number of urea groups is 1. The van der Waals surface area contributed by atoms with Crippen molar-refractivity contribution in [2.45, 2.75) is 89.2 Å². The molecule has 250 valence electrons. The number of halogens is 6. The molecular formula is C31H38F6N2O6. The Morgan fingerprint density at radius 2 is 1.60 bits per heavy atom. The smallest absolute Gasteiger partial charge is 0.430 e. The number of allylic oxidation sites excluding steroid dienone is 2. The molecule has 0 aromatic heterocycles. The van der Waals surface area contributed by atoms with Gasteiger partial charge in [-0.05, 0) is 61.9 Å². The summed E-state index contributed by atoms with van der Waals surface area (Å²) >= 11 is 0. The molecule has 45 heavy (non-hydrogen) atoms. The normalized spacial score (nSPS) is 22.3. The molecule has 3 aliphatic rings. The van der Waals surface area contributed by atoms with Crippen molar-refractivity contribution in [1.82, 2.24) is 10.2 Å². The summed E-state index contributed by atoms with van der Waals surface area (Å²) in [6.07, 6.45) is -6.31. The van der Waals surface area contributed by atoms with Crippen LogP contribution in [-0.2, 0) is 32.7 Å². The molecule has 0 radical (unpaired) electrons. The van der Waals surface area contributed by atoms with Gasteiger partial charge in [0.25, 0.3) is 11.5 Å². The topological polar surface area (TPSA) is 97.3 Å². The third-order valence-electron chi connectivity index (χ3n) is 8.36. The summed E-state index contributed by atoms with van der Waals surface area (Å²) < 4.78 is 99.0. The Morgan fingerprint density at radius 3 is 2.18 bits per heavy atom. The Kier molecular flexibility index (Phi) is 10.1. The van der Waals surface area contributed by atoms with Crippen molar-refractivity contribution in [2.24, 2.45) is 5.92 Å². The molecule has 0 saturated carbocycles. The molecule has 2 heterocycles. The summed E-state index contributed by atoms with van der Waals surface area (Å²) in [7, 11) is 0.